The molecule has 1 aliphatic heterocycles. The first-order valence-corrected chi connectivity index (χ1v) is 4.70. The van der Waals surface area contributed by atoms with Crippen LogP contribution in [0.3, 0.4) is 0 Å². The van der Waals surface area contributed by atoms with Gasteiger partial charge in [-0.05, 0) is 0 Å². The maximum atomic E-state index is 11.3. The molecule has 1 aromatic rings. The average Bonchev–Trinajstić information content (AvgIpc) is 2.52. The molecule has 82 valence electrons. The third-order valence-electron chi connectivity index (χ3n) is 2.21. The summed E-state index contributed by atoms with van der Waals surface area (Å²) in [5, 5.41) is 7.07. The molecular weight excluding hydrogens is 198 g/mol. The first-order chi connectivity index (χ1) is 7.20. The van der Waals surface area contributed by atoms with Crippen molar-refractivity contribution in [3.8, 4) is 5.75 Å². The third kappa shape index (κ3) is 1.94. The lowest BCUT2D eigenvalue weighted by Crippen LogP contribution is -2.50. The van der Waals surface area contributed by atoms with E-state index in [1.807, 2.05) is 0 Å². The van der Waals surface area contributed by atoms with Crippen LogP contribution in [0.15, 0.2) is 6.20 Å². The molecule has 2 rings (SSSR count). The topological polar surface area (TPSA) is 65.4 Å². The van der Waals surface area contributed by atoms with Crippen molar-refractivity contribution in [2.75, 3.05) is 20.2 Å². The predicted octanol–water partition coefficient (Wildman–Crippen LogP) is -0.443. The number of aryl methyl sites for hydroxylation is 1. The molecule has 0 aliphatic carbocycles. The number of nitrogens with zero attached hydrogens (tertiary/aromatic N) is 2. The van der Waals surface area contributed by atoms with Crippen LogP contribution >= 0.6 is 0 Å². The quantitative estimate of drug-likeness (QED) is 0.686. The fourth-order valence-corrected chi connectivity index (χ4v) is 1.32. The molecule has 0 unspecified atom stereocenters. The summed E-state index contributed by atoms with van der Waals surface area (Å²) in [6.07, 6.45) is 1.79. The minimum Gasteiger partial charge on any atom is -0.484 e. The van der Waals surface area contributed by atoms with Gasteiger partial charge in [-0.15, -0.1) is 0 Å². The second-order valence-electron chi connectivity index (χ2n) is 3.41. The van der Waals surface area contributed by atoms with E-state index in [-0.39, 0.29) is 11.8 Å². The molecule has 0 saturated carbocycles. The highest BCUT2D eigenvalue weighted by atomic mass is 16.5. The lowest BCUT2D eigenvalue weighted by Gasteiger charge is -2.27. The second kappa shape index (κ2) is 3.90. The zero-order valence-electron chi connectivity index (χ0n) is 8.69. The van der Waals surface area contributed by atoms with Gasteiger partial charge in [-0.3, -0.25) is 4.68 Å². The summed E-state index contributed by atoms with van der Waals surface area (Å²) in [6.45, 7) is 1.60. The van der Waals surface area contributed by atoms with Gasteiger partial charge in [0.05, 0.1) is 13.3 Å². The van der Waals surface area contributed by atoms with E-state index in [9.17, 15) is 4.79 Å². The summed E-state index contributed by atoms with van der Waals surface area (Å²) in [4.78, 5) is 11.3. The minimum atomic E-state index is -0.474. The molecule has 2 heterocycles. The molecule has 6 heteroatoms. The number of carbonyl (C=O) groups excluding carboxylic acids is 1. The smallest absolute Gasteiger partial charge is 0.362 e. The van der Waals surface area contributed by atoms with E-state index in [0.29, 0.717) is 5.75 Å². The Hall–Kier alpha value is -1.56. The second-order valence-corrected chi connectivity index (χ2v) is 3.41. The van der Waals surface area contributed by atoms with Crippen LogP contribution in [-0.4, -0.2) is 42.1 Å². The Labute approximate surface area is 87.2 Å². The first-order valence-electron chi connectivity index (χ1n) is 4.70. The van der Waals surface area contributed by atoms with Gasteiger partial charge in [0.25, 0.3) is 0 Å². The summed E-state index contributed by atoms with van der Waals surface area (Å²) in [6, 6.07) is 0. The average molecular weight is 211 g/mol. The molecule has 0 bridgehead atoms. The molecule has 6 nitrogen and oxygen atoms in total. The van der Waals surface area contributed by atoms with E-state index in [1.165, 1.54) is 11.8 Å². The molecule has 0 atom stereocenters. The Bertz CT molecular complexity index is 371. The molecule has 0 spiro atoms. The molecule has 0 radical (unpaired) electrons. The number of nitrogens with one attached hydrogen (secondary N) is 1. The fourth-order valence-electron chi connectivity index (χ4n) is 1.32. The van der Waals surface area contributed by atoms with Crippen LogP contribution in [0.25, 0.3) is 0 Å². The molecule has 1 aromatic heterocycles. The van der Waals surface area contributed by atoms with E-state index >= 15 is 0 Å². The number of methoxy groups -OCH3 is 1. The number of hydrogen-bond donors (Lipinski definition) is 1. The number of ether oxygens (including phenoxy) is 2. The Morgan fingerprint density at radius 3 is 2.93 bits per heavy atom. The van der Waals surface area contributed by atoms with E-state index in [4.69, 9.17) is 4.74 Å². The standard InChI is InChI=1S/C9H13N3O3/c1-12-5-7(15-6-3-10-4-6)8(11-12)9(13)14-2/h5-6,10H,3-4H2,1-2H3. The van der Waals surface area contributed by atoms with Gasteiger partial charge in [-0.1, -0.05) is 0 Å². The van der Waals surface area contributed by atoms with Crippen molar-refractivity contribution in [2.24, 2.45) is 7.05 Å². The van der Waals surface area contributed by atoms with Crippen molar-refractivity contribution in [3.05, 3.63) is 11.9 Å². The van der Waals surface area contributed by atoms with Gasteiger partial charge >= 0.3 is 5.97 Å². The van der Waals surface area contributed by atoms with Gasteiger partial charge in [0, 0.05) is 20.1 Å². The van der Waals surface area contributed by atoms with Gasteiger partial charge in [0.1, 0.15) is 6.10 Å². The number of esters is 1. The molecule has 1 saturated heterocycles. The van der Waals surface area contributed by atoms with Crippen LogP contribution in [-0.2, 0) is 11.8 Å². The SMILES string of the molecule is COC(=O)c1nn(C)cc1OC1CNC1. The van der Waals surface area contributed by atoms with Gasteiger partial charge in [-0.2, -0.15) is 5.10 Å². The van der Waals surface area contributed by atoms with Crippen molar-refractivity contribution in [1.82, 2.24) is 15.1 Å². The zero-order chi connectivity index (χ0) is 10.8. The van der Waals surface area contributed by atoms with E-state index in [2.05, 4.69) is 15.2 Å². The number of hydrogen-bond acceptors (Lipinski definition) is 5. The van der Waals surface area contributed by atoms with E-state index < -0.39 is 5.97 Å². The van der Waals surface area contributed by atoms with Crippen LogP contribution in [0.5, 0.6) is 5.75 Å². The summed E-state index contributed by atoms with van der Waals surface area (Å²) in [5.41, 5.74) is 0.229. The fraction of sp³-hybridized carbons (Fsp3) is 0.556. The minimum absolute atomic E-state index is 0.123. The van der Waals surface area contributed by atoms with Gasteiger partial charge in [0.15, 0.2) is 5.75 Å². The van der Waals surface area contributed by atoms with Crippen molar-refractivity contribution in [2.45, 2.75) is 6.10 Å². The molecule has 1 N–H and O–H groups in total. The molecule has 0 amide bonds. The first kappa shape index (κ1) is 9.97. The monoisotopic (exact) mass is 211 g/mol. The van der Waals surface area contributed by atoms with E-state index in [1.54, 1.807) is 13.2 Å². The lowest BCUT2D eigenvalue weighted by molar-refractivity contribution is 0.0581. The maximum absolute atomic E-state index is 11.3. The molecule has 1 fully saturated rings. The third-order valence-corrected chi connectivity index (χ3v) is 2.21. The summed E-state index contributed by atoms with van der Waals surface area (Å²) in [7, 11) is 3.06. The van der Waals surface area contributed by atoms with Crippen molar-refractivity contribution < 1.29 is 14.3 Å². The number of rotatable bonds is 3. The lowest BCUT2D eigenvalue weighted by atomic mass is 10.2. The van der Waals surface area contributed by atoms with Crippen LogP contribution in [0.2, 0.25) is 0 Å². The number of carbonyl (C=O) groups is 1. The highest BCUT2D eigenvalue weighted by Crippen LogP contribution is 2.19. The Kier molecular flexibility index (Phi) is 2.59. The Morgan fingerprint density at radius 1 is 1.67 bits per heavy atom. The van der Waals surface area contributed by atoms with Gasteiger partial charge in [-0.25, -0.2) is 4.79 Å². The normalized spacial score (nSPS) is 15.9. The van der Waals surface area contributed by atoms with Crippen LogP contribution < -0.4 is 10.1 Å². The molecule has 15 heavy (non-hydrogen) atoms. The molecule has 1 aliphatic rings. The maximum Gasteiger partial charge on any atom is 0.362 e. The van der Waals surface area contributed by atoms with E-state index in [0.717, 1.165) is 13.1 Å². The predicted molar refractivity (Wildman–Crippen MR) is 51.8 cm³/mol. The van der Waals surface area contributed by atoms with Crippen molar-refractivity contribution >= 4 is 5.97 Å². The zero-order valence-corrected chi connectivity index (χ0v) is 8.69. The van der Waals surface area contributed by atoms with Crippen molar-refractivity contribution in [1.29, 1.82) is 0 Å². The molecular formula is C9H13N3O3. The Balaban J connectivity index is 2.16. The van der Waals surface area contributed by atoms with Gasteiger partial charge < -0.3 is 14.8 Å². The summed E-state index contributed by atoms with van der Waals surface area (Å²) < 4.78 is 11.7. The van der Waals surface area contributed by atoms with Gasteiger partial charge in [0.2, 0.25) is 5.69 Å². The van der Waals surface area contributed by atoms with Crippen LogP contribution in [0, 0.1) is 0 Å². The summed E-state index contributed by atoms with van der Waals surface area (Å²) in [5.74, 6) is 0.00809. The van der Waals surface area contributed by atoms with Crippen LogP contribution in [0.4, 0.5) is 0 Å². The van der Waals surface area contributed by atoms with Crippen LogP contribution in [0.1, 0.15) is 10.5 Å². The largest absolute Gasteiger partial charge is 0.484 e. The highest BCUT2D eigenvalue weighted by Gasteiger charge is 2.24. The molecule has 0 aromatic carbocycles. The Morgan fingerprint density at radius 2 is 2.40 bits per heavy atom. The van der Waals surface area contributed by atoms with Crippen molar-refractivity contribution in [3.63, 3.8) is 0 Å². The summed E-state index contributed by atoms with van der Waals surface area (Å²) >= 11 is 0. The number of aromatic nitrogens is 2. The highest BCUT2D eigenvalue weighted by molar-refractivity contribution is 5.90.